The standard InChI is InChI=1S/C15H13N5OS/c1-21-13-7-4-5-11(9-13)14-18-19-15(22)20(14)17-10-12-6-2-3-8-16-12/h2-10H,1H3,(H,19,22). The number of nitrogens with zero attached hydrogens (tertiary/aromatic N) is 4. The first-order chi connectivity index (χ1) is 10.8. The molecule has 0 saturated carbocycles. The Hall–Kier alpha value is -2.80. The molecule has 0 bridgehead atoms. The van der Waals surface area contributed by atoms with Crippen molar-refractivity contribution in [2.75, 3.05) is 7.11 Å². The van der Waals surface area contributed by atoms with Crippen LogP contribution in [-0.4, -0.2) is 33.2 Å². The lowest BCUT2D eigenvalue weighted by atomic mass is 10.2. The van der Waals surface area contributed by atoms with Gasteiger partial charge in [0, 0.05) is 11.8 Å². The number of ether oxygens (including phenoxy) is 1. The molecule has 0 aliphatic rings. The second-order valence-corrected chi connectivity index (χ2v) is 4.78. The zero-order chi connectivity index (χ0) is 15.4. The molecule has 22 heavy (non-hydrogen) atoms. The Morgan fingerprint density at radius 2 is 2.18 bits per heavy atom. The molecule has 0 amide bonds. The van der Waals surface area contributed by atoms with Crippen molar-refractivity contribution in [3.8, 4) is 17.1 Å². The van der Waals surface area contributed by atoms with Gasteiger partial charge < -0.3 is 4.74 Å². The van der Waals surface area contributed by atoms with Gasteiger partial charge in [-0.05, 0) is 36.5 Å². The number of aromatic amines is 1. The van der Waals surface area contributed by atoms with Crippen molar-refractivity contribution in [2.45, 2.75) is 0 Å². The summed E-state index contributed by atoms with van der Waals surface area (Å²) in [5, 5.41) is 11.3. The number of rotatable bonds is 4. The minimum atomic E-state index is 0.407. The fraction of sp³-hybridized carbons (Fsp3) is 0.0667. The molecule has 1 aromatic carbocycles. The minimum Gasteiger partial charge on any atom is -0.497 e. The van der Waals surface area contributed by atoms with Gasteiger partial charge in [0.25, 0.3) is 0 Å². The fourth-order valence-corrected chi connectivity index (χ4v) is 2.10. The Balaban J connectivity index is 2.01. The Labute approximate surface area is 132 Å². The summed E-state index contributed by atoms with van der Waals surface area (Å²) in [7, 11) is 1.62. The van der Waals surface area contributed by atoms with E-state index in [1.54, 1.807) is 24.2 Å². The van der Waals surface area contributed by atoms with Crippen molar-refractivity contribution in [1.82, 2.24) is 19.9 Å². The molecule has 1 N–H and O–H groups in total. The first-order valence-electron chi connectivity index (χ1n) is 6.55. The molecule has 0 aliphatic heterocycles. The zero-order valence-corrected chi connectivity index (χ0v) is 12.6. The van der Waals surface area contributed by atoms with Crippen molar-refractivity contribution in [2.24, 2.45) is 5.10 Å². The maximum absolute atomic E-state index is 5.23. The first kappa shape index (κ1) is 14.2. The molecule has 2 aromatic heterocycles. The van der Waals surface area contributed by atoms with E-state index in [0.29, 0.717) is 10.6 Å². The molecule has 6 nitrogen and oxygen atoms in total. The van der Waals surface area contributed by atoms with E-state index in [2.05, 4.69) is 20.3 Å². The summed E-state index contributed by atoms with van der Waals surface area (Å²) in [5.41, 5.74) is 1.59. The number of hydrogen-bond acceptors (Lipinski definition) is 5. The van der Waals surface area contributed by atoms with Crippen molar-refractivity contribution < 1.29 is 4.74 Å². The quantitative estimate of drug-likeness (QED) is 0.594. The number of nitrogens with one attached hydrogen (secondary N) is 1. The summed E-state index contributed by atoms with van der Waals surface area (Å²) >= 11 is 5.23. The highest BCUT2D eigenvalue weighted by Crippen LogP contribution is 2.22. The molecule has 110 valence electrons. The first-order valence-corrected chi connectivity index (χ1v) is 6.96. The molecule has 0 spiro atoms. The molecular formula is C15H13N5OS. The smallest absolute Gasteiger partial charge is 0.216 e. The maximum Gasteiger partial charge on any atom is 0.216 e. The molecule has 0 radical (unpaired) electrons. The monoisotopic (exact) mass is 311 g/mol. The van der Waals surface area contributed by atoms with Gasteiger partial charge in [-0.3, -0.25) is 4.98 Å². The molecule has 3 aromatic rings. The number of pyridine rings is 1. The average Bonchev–Trinajstić information content (AvgIpc) is 2.95. The lowest BCUT2D eigenvalue weighted by Gasteiger charge is -2.03. The van der Waals surface area contributed by atoms with Gasteiger partial charge in [0.1, 0.15) is 5.75 Å². The van der Waals surface area contributed by atoms with Crippen molar-refractivity contribution in [3.05, 3.63) is 59.1 Å². The van der Waals surface area contributed by atoms with Crippen LogP contribution < -0.4 is 4.74 Å². The topological polar surface area (TPSA) is 68.1 Å². The zero-order valence-electron chi connectivity index (χ0n) is 11.8. The molecule has 0 unspecified atom stereocenters. The van der Waals surface area contributed by atoms with E-state index in [9.17, 15) is 0 Å². The molecule has 0 saturated heterocycles. The Morgan fingerprint density at radius 1 is 1.27 bits per heavy atom. The van der Waals surface area contributed by atoms with Crippen LogP contribution in [0.15, 0.2) is 53.8 Å². The number of H-pyrrole nitrogens is 1. The fourth-order valence-electron chi connectivity index (χ4n) is 1.92. The van der Waals surface area contributed by atoms with Crippen LogP contribution in [0.1, 0.15) is 5.69 Å². The van der Waals surface area contributed by atoms with Gasteiger partial charge in [-0.25, -0.2) is 5.10 Å². The van der Waals surface area contributed by atoms with Crippen molar-refractivity contribution in [1.29, 1.82) is 0 Å². The normalized spacial score (nSPS) is 11.0. The van der Waals surface area contributed by atoms with Gasteiger partial charge in [-0.15, -0.1) is 0 Å². The lowest BCUT2D eigenvalue weighted by molar-refractivity contribution is 0.415. The molecule has 0 aliphatic carbocycles. The SMILES string of the molecule is COc1cccc(-c2n[nH]c(=S)n2N=Cc2ccccn2)c1. The van der Waals surface area contributed by atoms with E-state index < -0.39 is 0 Å². The maximum atomic E-state index is 5.23. The van der Waals surface area contributed by atoms with Crippen LogP contribution in [0.4, 0.5) is 0 Å². The third kappa shape index (κ3) is 2.94. The van der Waals surface area contributed by atoms with Gasteiger partial charge in [0.05, 0.1) is 19.0 Å². The van der Waals surface area contributed by atoms with E-state index in [4.69, 9.17) is 17.0 Å². The summed E-state index contributed by atoms with van der Waals surface area (Å²) in [4.78, 5) is 4.19. The highest BCUT2D eigenvalue weighted by atomic mass is 32.1. The van der Waals surface area contributed by atoms with E-state index in [1.807, 2.05) is 42.5 Å². The summed E-state index contributed by atoms with van der Waals surface area (Å²) in [6, 6.07) is 13.1. The van der Waals surface area contributed by atoms with Gasteiger partial charge in [-0.1, -0.05) is 18.2 Å². The summed E-state index contributed by atoms with van der Waals surface area (Å²) < 4.78 is 7.19. The summed E-state index contributed by atoms with van der Waals surface area (Å²) in [5.74, 6) is 1.35. The number of methoxy groups -OCH3 is 1. The van der Waals surface area contributed by atoms with Crippen LogP contribution >= 0.6 is 12.2 Å². The molecule has 2 heterocycles. The van der Waals surface area contributed by atoms with Crippen molar-refractivity contribution in [3.63, 3.8) is 0 Å². The predicted molar refractivity (Wildman–Crippen MR) is 86.6 cm³/mol. The van der Waals surface area contributed by atoms with Gasteiger partial charge in [0.2, 0.25) is 4.77 Å². The van der Waals surface area contributed by atoms with E-state index >= 15 is 0 Å². The number of aromatic nitrogens is 4. The van der Waals surface area contributed by atoms with Crippen LogP contribution in [-0.2, 0) is 0 Å². The van der Waals surface area contributed by atoms with E-state index in [1.165, 1.54) is 0 Å². The minimum absolute atomic E-state index is 0.407. The number of benzene rings is 1. The predicted octanol–water partition coefficient (Wildman–Crippen LogP) is 2.89. The van der Waals surface area contributed by atoms with E-state index in [-0.39, 0.29) is 0 Å². The van der Waals surface area contributed by atoms with Gasteiger partial charge in [0.15, 0.2) is 5.82 Å². The molecule has 3 rings (SSSR count). The third-order valence-electron chi connectivity index (χ3n) is 2.97. The highest BCUT2D eigenvalue weighted by molar-refractivity contribution is 7.71. The number of hydrogen-bond donors (Lipinski definition) is 1. The largest absolute Gasteiger partial charge is 0.497 e. The Kier molecular flexibility index (Phi) is 4.06. The van der Waals surface area contributed by atoms with Crippen LogP contribution in [0.3, 0.4) is 0 Å². The molecule has 7 heteroatoms. The molecular weight excluding hydrogens is 298 g/mol. The third-order valence-corrected chi connectivity index (χ3v) is 3.24. The second kappa shape index (κ2) is 6.31. The Bertz CT molecular complexity index is 854. The summed E-state index contributed by atoms with van der Waals surface area (Å²) in [6.07, 6.45) is 3.34. The molecule has 0 atom stereocenters. The van der Waals surface area contributed by atoms with Crippen LogP contribution in [0.2, 0.25) is 0 Å². The average molecular weight is 311 g/mol. The lowest BCUT2D eigenvalue weighted by Crippen LogP contribution is -1.96. The van der Waals surface area contributed by atoms with Crippen LogP contribution in [0.25, 0.3) is 11.4 Å². The van der Waals surface area contributed by atoms with Crippen LogP contribution in [0.5, 0.6) is 5.75 Å². The van der Waals surface area contributed by atoms with Gasteiger partial charge >= 0.3 is 0 Å². The Morgan fingerprint density at radius 3 is 2.95 bits per heavy atom. The van der Waals surface area contributed by atoms with Crippen molar-refractivity contribution >= 4 is 18.4 Å². The second-order valence-electron chi connectivity index (χ2n) is 4.40. The molecule has 0 fully saturated rings. The van der Waals surface area contributed by atoms with Crippen LogP contribution in [0, 0.1) is 4.77 Å². The highest BCUT2D eigenvalue weighted by Gasteiger charge is 2.08. The summed E-state index contributed by atoms with van der Waals surface area (Å²) in [6.45, 7) is 0. The van der Waals surface area contributed by atoms with E-state index in [0.717, 1.165) is 17.0 Å². The van der Waals surface area contributed by atoms with Gasteiger partial charge in [-0.2, -0.15) is 14.9 Å².